The smallest absolute Gasteiger partial charge is 0.313 e. The van der Waals surface area contributed by atoms with Crippen LogP contribution < -0.4 is 0 Å². The molecule has 0 aromatic carbocycles. The maximum Gasteiger partial charge on any atom is 0.313 e. The Labute approximate surface area is 88.3 Å². The van der Waals surface area contributed by atoms with Crippen molar-refractivity contribution in [1.29, 1.82) is 0 Å². The lowest BCUT2D eigenvalue weighted by atomic mass is 10.1. The topological polar surface area (TPSA) is 56.3 Å². The fourth-order valence-electron chi connectivity index (χ4n) is 1.30. The second-order valence-electron chi connectivity index (χ2n) is 3.31. The molecule has 1 rings (SSSR count). The molecule has 0 aliphatic rings. The van der Waals surface area contributed by atoms with Crippen LogP contribution >= 0.6 is 0 Å². The van der Waals surface area contributed by atoms with Crippen LogP contribution in [0.2, 0.25) is 0 Å². The van der Waals surface area contributed by atoms with Gasteiger partial charge in [0.05, 0.1) is 7.11 Å². The van der Waals surface area contributed by atoms with Crippen LogP contribution in [0.1, 0.15) is 28.2 Å². The van der Waals surface area contributed by atoms with E-state index in [-0.39, 0.29) is 12.2 Å². The van der Waals surface area contributed by atoms with Crippen LogP contribution in [0.15, 0.2) is 12.1 Å². The van der Waals surface area contributed by atoms with Crippen molar-refractivity contribution >= 4 is 11.8 Å². The van der Waals surface area contributed by atoms with E-state index in [0.717, 1.165) is 11.4 Å². The van der Waals surface area contributed by atoms with Crippen molar-refractivity contribution in [3.63, 3.8) is 0 Å². The monoisotopic (exact) mass is 207 g/mol. The Morgan fingerprint density at radius 1 is 1.27 bits per heavy atom. The maximum atomic E-state index is 11.6. The lowest BCUT2D eigenvalue weighted by Gasteiger charge is -2.02. The summed E-state index contributed by atoms with van der Waals surface area (Å²) >= 11 is 0. The van der Waals surface area contributed by atoms with Gasteiger partial charge in [0.25, 0.3) is 0 Å². The Morgan fingerprint density at radius 3 is 2.27 bits per heavy atom. The van der Waals surface area contributed by atoms with E-state index in [1.54, 1.807) is 12.1 Å². The van der Waals surface area contributed by atoms with E-state index in [1.807, 2.05) is 13.8 Å². The van der Waals surface area contributed by atoms with Crippen LogP contribution in [0.4, 0.5) is 0 Å². The zero-order valence-corrected chi connectivity index (χ0v) is 9.03. The van der Waals surface area contributed by atoms with Gasteiger partial charge in [-0.25, -0.2) is 0 Å². The predicted molar refractivity (Wildman–Crippen MR) is 54.7 cm³/mol. The van der Waals surface area contributed by atoms with E-state index in [2.05, 4.69) is 9.72 Å². The van der Waals surface area contributed by atoms with Gasteiger partial charge >= 0.3 is 5.97 Å². The van der Waals surface area contributed by atoms with Gasteiger partial charge in [0.1, 0.15) is 6.42 Å². The van der Waals surface area contributed by atoms with E-state index < -0.39 is 5.97 Å². The summed E-state index contributed by atoms with van der Waals surface area (Å²) in [6, 6.07) is 3.33. The molecule has 1 heterocycles. The molecule has 4 heteroatoms. The normalized spacial score (nSPS) is 9.80. The molecule has 0 fully saturated rings. The third-order valence-corrected chi connectivity index (χ3v) is 1.94. The van der Waals surface area contributed by atoms with Gasteiger partial charge in [-0.15, -0.1) is 0 Å². The second kappa shape index (κ2) is 4.68. The summed E-state index contributed by atoms with van der Waals surface area (Å²) in [6.07, 6.45) is -0.223. The average Bonchev–Trinajstić information content (AvgIpc) is 2.16. The summed E-state index contributed by atoms with van der Waals surface area (Å²) in [5, 5.41) is 0. The number of hydrogen-bond donors (Lipinski definition) is 0. The molecule has 1 aromatic heterocycles. The number of hydrogen-bond acceptors (Lipinski definition) is 4. The van der Waals surface area contributed by atoms with Gasteiger partial charge in [-0.3, -0.25) is 14.6 Å². The largest absolute Gasteiger partial charge is 0.469 e. The molecular formula is C11H13NO3. The summed E-state index contributed by atoms with van der Waals surface area (Å²) in [6.45, 7) is 3.61. The number of nitrogens with zero attached hydrogens (tertiary/aromatic N) is 1. The number of pyridine rings is 1. The molecule has 15 heavy (non-hydrogen) atoms. The van der Waals surface area contributed by atoms with Gasteiger partial charge in [0.15, 0.2) is 5.78 Å². The minimum absolute atomic E-state index is 0.223. The second-order valence-corrected chi connectivity index (χ2v) is 3.31. The fraction of sp³-hybridized carbons (Fsp3) is 0.364. The first-order chi connectivity index (χ1) is 7.02. The molecule has 0 bridgehead atoms. The van der Waals surface area contributed by atoms with Crippen molar-refractivity contribution in [2.24, 2.45) is 0 Å². The Kier molecular flexibility index (Phi) is 3.55. The van der Waals surface area contributed by atoms with E-state index in [0.29, 0.717) is 5.56 Å². The summed E-state index contributed by atoms with van der Waals surface area (Å²) in [7, 11) is 1.26. The summed E-state index contributed by atoms with van der Waals surface area (Å²) < 4.78 is 4.43. The van der Waals surface area contributed by atoms with Crippen molar-refractivity contribution in [1.82, 2.24) is 4.98 Å². The first-order valence-electron chi connectivity index (χ1n) is 4.58. The molecule has 0 unspecified atom stereocenters. The van der Waals surface area contributed by atoms with E-state index in [1.165, 1.54) is 7.11 Å². The summed E-state index contributed by atoms with van der Waals surface area (Å²) in [5.74, 6) is -0.762. The Balaban J connectivity index is 2.86. The van der Waals surface area contributed by atoms with E-state index in [4.69, 9.17) is 0 Å². The summed E-state index contributed by atoms with van der Waals surface area (Å²) in [4.78, 5) is 26.6. The third kappa shape index (κ3) is 3.16. The first-order valence-corrected chi connectivity index (χ1v) is 4.58. The van der Waals surface area contributed by atoms with Crippen molar-refractivity contribution in [3.8, 4) is 0 Å². The molecule has 0 amide bonds. The van der Waals surface area contributed by atoms with Crippen LogP contribution in [0.5, 0.6) is 0 Å². The molecule has 80 valence electrons. The number of carbonyl (C=O) groups excluding carboxylic acids is 2. The molecule has 0 aliphatic carbocycles. The van der Waals surface area contributed by atoms with E-state index >= 15 is 0 Å². The zero-order valence-electron chi connectivity index (χ0n) is 9.03. The highest BCUT2D eigenvalue weighted by atomic mass is 16.5. The van der Waals surface area contributed by atoms with Crippen LogP contribution in [-0.4, -0.2) is 23.8 Å². The van der Waals surface area contributed by atoms with Crippen molar-refractivity contribution in [2.75, 3.05) is 7.11 Å². The minimum Gasteiger partial charge on any atom is -0.469 e. The number of rotatable bonds is 3. The van der Waals surface area contributed by atoms with Crippen molar-refractivity contribution in [3.05, 3.63) is 29.1 Å². The van der Waals surface area contributed by atoms with Crippen LogP contribution in [0, 0.1) is 13.8 Å². The minimum atomic E-state index is -0.521. The molecule has 4 nitrogen and oxygen atoms in total. The standard InChI is InChI=1S/C11H13NO3/c1-7-4-9(5-8(2)12-7)10(13)6-11(14)15-3/h4-5H,6H2,1-3H3. The number of ether oxygens (including phenoxy) is 1. The first kappa shape index (κ1) is 11.4. The Bertz CT molecular complexity index is 379. The number of Topliss-reactive ketones (excluding diaryl/α,β-unsaturated/α-hetero) is 1. The van der Waals surface area contributed by atoms with Crippen LogP contribution in [0.25, 0.3) is 0 Å². The molecule has 1 aromatic rings. The molecule has 0 radical (unpaired) electrons. The molecular weight excluding hydrogens is 194 g/mol. The number of aromatic nitrogens is 1. The van der Waals surface area contributed by atoms with Crippen LogP contribution in [0.3, 0.4) is 0 Å². The SMILES string of the molecule is COC(=O)CC(=O)c1cc(C)nc(C)c1. The van der Waals surface area contributed by atoms with Crippen LogP contribution in [-0.2, 0) is 9.53 Å². The van der Waals surface area contributed by atoms with Crippen molar-refractivity contribution in [2.45, 2.75) is 20.3 Å². The highest BCUT2D eigenvalue weighted by Crippen LogP contribution is 2.08. The highest BCUT2D eigenvalue weighted by Gasteiger charge is 2.12. The maximum absolute atomic E-state index is 11.6. The zero-order chi connectivity index (χ0) is 11.4. The molecule has 0 spiro atoms. The summed E-state index contributed by atoms with van der Waals surface area (Å²) in [5.41, 5.74) is 2.04. The van der Waals surface area contributed by atoms with Gasteiger partial charge < -0.3 is 4.74 Å². The molecule has 0 N–H and O–H groups in total. The van der Waals surface area contributed by atoms with Gasteiger partial charge in [0, 0.05) is 17.0 Å². The Hall–Kier alpha value is -1.71. The number of aryl methyl sites for hydroxylation is 2. The fourth-order valence-corrected chi connectivity index (χ4v) is 1.30. The third-order valence-electron chi connectivity index (χ3n) is 1.94. The lowest BCUT2D eigenvalue weighted by molar-refractivity contribution is -0.139. The van der Waals surface area contributed by atoms with E-state index in [9.17, 15) is 9.59 Å². The quantitative estimate of drug-likeness (QED) is 0.427. The number of carbonyl (C=O) groups is 2. The number of esters is 1. The average molecular weight is 207 g/mol. The van der Waals surface area contributed by atoms with Gasteiger partial charge in [-0.1, -0.05) is 0 Å². The molecule has 0 saturated carbocycles. The molecule has 0 saturated heterocycles. The lowest BCUT2D eigenvalue weighted by Crippen LogP contribution is -2.10. The van der Waals surface area contributed by atoms with Gasteiger partial charge in [0.2, 0.25) is 0 Å². The molecule has 0 atom stereocenters. The van der Waals surface area contributed by atoms with Crippen molar-refractivity contribution < 1.29 is 14.3 Å². The number of methoxy groups -OCH3 is 1. The molecule has 0 aliphatic heterocycles. The highest BCUT2D eigenvalue weighted by molar-refractivity contribution is 6.05. The number of ketones is 1. The predicted octanol–water partition coefficient (Wildman–Crippen LogP) is 1.44. The van der Waals surface area contributed by atoms with Gasteiger partial charge in [-0.05, 0) is 26.0 Å². The van der Waals surface area contributed by atoms with Gasteiger partial charge in [-0.2, -0.15) is 0 Å². The Morgan fingerprint density at radius 2 is 1.80 bits per heavy atom.